The minimum Gasteiger partial charge on any atom is -0.383 e. The van der Waals surface area contributed by atoms with Crippen molar-refractivity contribution in [2.24, 2.45) is 0 Å². The molecule has 2 rings (SSSR count). The van der Waals surface area contributed by atoms with Gasteiger partial charge in [-0.25, -0.2) is 0 Å². The first kappa shape index (κ1) is 13.9. The van der Waals surface area contributed by atoms with E-state index in [1.165, 1.54) is 0 Å². The van der Waals surface area contributed by atoms with Crippen molar-refractivity contribution >= 4 is 17.6 Å². The monoisotopic (exact) mass is 265 g/mol. The molecule has 0 radical (unpaired) electrons. The molecule has 0 bridgehead atoms. The molecule has 6 nitrogen and oxygen atoms in total. The molecule has 19 heavy (non-hydrogen) atoms. The highest BCUT2D eigenvalue weighted by Gasteiger charge is 2.34. The van der Waals surface area contributed by atoms with Crippen LogP contribution in [0.4, 0.5) is 17.6 Å². The van der Waals surface area contributed by atoms with Gasteiger partial charge < -0.3 is 21.5 Å². The predicted molar refractivity (Wildman–Crippen MR) is 76.8 cm³/mol. The van der Waals surface area contributed by atoms with Crippen molar-refractivity contribution in [2.45, 2.75) is 51.2 Å². The van der Waals surface area contributed by atoms with E-state index in [0.29, 0.717) is 17.7 Å². The van der Waals surface area contributed by atoms with E-state index in [0.717, 1.165) is 32.3 Å². The maximum atomic E-state index is 5.96. The van der Waals surface area contributed by atoms with Crippen LogP contribution in [0.3, 0.4) is 0 Å². The van der Waals surface area contributed by atoms with Crippen LogP contribution in [-0.2, 0) is 4.74 Å². The number of nitrogens with one attached hydrogen (secondary N) is 1. The van der Waals surface area contributed by atoms with E-state index in [-0.39, 0.29) is 11.5 Å². The Morgan fingerprint density at radius 2 is 2.11 bits per heavy atom. The normalized spacial score (nSPS) is 22.1. The summed E-state index contributed by atoms with van der Waals surface area (Å²) in [6.45, 7) is 5.12. The standard InChI is InChI=1S/C13H23N5O/c1-3-13(4-2)8-9(5-6-19-13)16-11-7-10(14)17-12(15)18-11/h7,9H,3-6,8H2,1-2H3,(H5,14,15,16,17,18). The van der Waals surface area contributed by atoms with Crippen LogP contribution in [0.2, 0.25) is 0 Å². The number of rotatable bonds is 4. The Balaban J connectivity index is 2.06. The van der Waals surface area contributed by atoms with Crippen LogP contribution < -0.4 is 16.8 Å². The zero-order chi connectivity index (χ0) is 13.9. The number of hydrogen-bond donors (Lipinski definition) is 3. The number of nitrogen functional groups attached to an aromatic ring is 2. The van der Waals surface area contributed by atoms with E-state index in [1.54, 1.807) is 6.07 Å². The summed E-state index contributed by atoms with van der Waals surface area (Å²) >= 11 is 0. The maximum absolute atomic E-state index is 5.96. The summed E-state index contributed by atoms with van der Waals surface area (Å²) in [6.07, 6.45) is 3.99. The van der Waals surface area contributed by atoms with Crippen molar-refractivity contribution in [2.75, 3.05) is 23.4 Å². The molecule has 5 N–H and O–H groups in total. The lowest BCUT2D eigenvalue weighted by Gasteiger charge is -2.40. The molecule has 1 aromatic heterocycles. The smallest absolute Gasteiger partial charge is 0.223 e. The summed E-state index contributed by atoms with van der Waals surface area (Å²) in [6, 6.07) is 2.05. The third-order valence-corrected chi connectivity index (χ3v) is 3.90. The van der Waals surface area contributed by atoms with Gasteiger partial charge in [-0.15, -0.1) is 0 Å². The fraction of sp³-hybridized carbons (Fsp3) is 0.692. The van der Waals surface area contributed by atoms with E-state index in [4.69, 9.17) is 16.2 Å². The molecule has 1 saturated heterocycles. The van der Waals surface area contributed by atoms with Gasteiger partial charge in [0.1, 0.15) is 11.6 Å². The number of ether oxygens (including phenoxy) is 1. The molecule has 0 aliphatic carbocycles. The second kappa shape index (κ2) is 5.61. The minimum absolute atomic E-state index is 0.0139. The number of hydrogen-bond acceptors (Lipinski definition) is 6. The highest BCUT2D eigenvalue weighted by Crippen LogP contribution is 2.32. The molecule has 0 amide bonds. The molecule has 0 saturated carbocycles. The van der Waals surface area contributed by atoms with Crippen LogP contribution >= 0.6 is 0 Å². The van der Waals surface area contributed by atoms with Crippen molar-refractivity contribution in [1.82, 2.24) is 9.97 Å². The highest BCUT2D eigenvalue weighted by molar-refractivity contribution is 5.48. The molecule has 106 valence electrons. The van der Waals surface area contributed by atoms with E-state index in [9.17, 15) is 0 Å². The van der Waals surface area contributed by atoms with Crippen molar-refractivity contribution < 1.29 is 4.74 Å². The van der Waals surface area contributed by atoms with Crippen molar-refractivity contribution in [3.8, 4) is 0 Å². The highest BCUT2D eigenvalue weighted by atomic mass is 16.5. The second-order valence-electron chi connectivity index (χ2n) is 5.11. The summed E-state index contributed by atoms with van der Waals surface area (Å²) in [4.78, 5) is 8.03. The summed E-state index contributed by atoms with van der Waals surface area (Å²) in [5.74, 6) is 1.28. The molecule has 1 aliphatic rings. The quantitative estimate of drug-likeness (QED) is 0.767. The Morgan fingerprint density at radius 1 is 1.37 bits per heavy atom. The summed E-state index contributed by atoms with van der Waals surface area (Å²) in [5.41, 5.74) is 11.3. The third kappa shape index (κ3) is 3.26. The first-order chi connectivity index (χ1) is 9.07. The lowest BCUT2D eigenvalue weighted by molar-refractivity contribution is -0.0864. The van der Waals surface area contributed by atoms with Gasteiger partial charge in [-0.2, -0.15) is 9.97 Å². The van der Waals surface area contributed by atoms with Gasteiger partial charge in [-0.1, -0.05) is 13.8 Å². The van der Waals surface area contributed by atoms with Crippen molar-refractivity contribution in [3.05, 3.63) is 6.07 Å². The fourth-order valence-electron chi connectivity index (χ4n) is 2.66. The van der Waals surface area contributed by atoms with Crippen molar-refractivity contribution in [1.29, 1.82) is 0 Å². The van der Waals surface area contributed by atoms with Gasteiger partial charge in [0.15, 0.2) is 0 Å². The van der Waals surface area contributed by atoms with Crippen LogP contribution in [-0.4, -0.2) is 28.2 Å². The summed E-state index contributed by atoms with van der Waals surface area (Å²) < 4.78 is 5.96. The van der Waals surface area contributed by atoms with Crippen LogP contribution in [0.25, 0.3) is 0 Å². The molecular weight excluding hydrogens is 242 g/mol. The molecule has 1 unspecified atom stereocenters. The van der Waals surface area contributed by atoms with Gasteiger partial charge in [-0.3, -0.25) is 0 Å². The van der Waals surface area contributed by atoms with E-state index in [2.05, 4.69) is 29.1 Å². The molecule has 1 fully saturated rings. The van der Waals surface area contributed by atoms with Gasteiger partial charge in [-0.05, 0) is 25.7 Å². The Bertz CT molecular complexity index is 413. The Morgan fingerprint density at radius 3 is 2.74 bits per heavy atom. The largest absolute Gasteiger partial charge is 0.383 e. The Labute approximate surface area is 113 Å². The van der Waals surface area contributed by atoms with Crippen LogP contribution in [0.15, 0.2) is 6.07 Å². The zero-order valence-corrected chi connectivity index (χ0v) is 11.6. The average molecular weight is 265 g/mol. The molecular formula is C13H23N5O. The van der Waals surface area contributed by atoms with Crippen LogP contribution in [0.1, 0.15) is 39.5 Å². The first-order valence-electron chi connectivity index (χ1n) is 6.87. The molecule has 1 aromatic rings. The van der Waals surface area contributed by atoms with E-state index >= 15 is 0 Å². The number of nitrogens with zero attached hydrogens (tertiary/aromatic N) is 2. The third-order valence-electron chi connectivity index (χ3n) is 3.90. The van der Waals surface area contributed by atoms with E-state index in [1.807, 2.05) is 0 Å². The molecule has 2 heterocycles. The maximum Gasteiger partial charge on any atom is 0.223 e. The van der Waals surface area contributed by atoms with Gasteiger partial charge in [0.25, 0.3) is 0 Å². The first-order valence-corrected chi connectivity index (χ1v) is 6.87. The van der Waals surface area contributed by atoms with Gasteiger partial charge in [0.05, 0.1) is 5.60 Å². The van der Waals surface area contributed by atoms with Crippen molar-refractivity contribution in [3.63, 3.8) is 0 Å². The van der Waals surface area contributed by atoms with Crippen LogP contribution in [0.5, 0.6) is 0 Å². The molecule has 0 aromatic carbocycles. The zero-order valence-electron chi connectivity index (χ0n) is 11.6. The average Bonchev–Trinajstić information content (AvgIpc) is 2.37. The lowest BCUT2D eigenvalue weighted by atomic mass is 9.86. The molecule has 1 atom stereocenters. The second-order valence-corrected chi connectivity index (χ2v) is 5.11. The number of anilines is 3. The summed E-state index contributed by atoms with van der Waals surface area (Å²) in [5, 5.41) is 3.39. The molecule has 0 spiro atoms. The van der Waals surface area contributed by atoms with E-state index < -0.39 is 0 Å². The minimum atomic E-state index is -0.0139. The predicted octanol–water partition coefficient (Wildman–Crippen LogP) is 1.79. The number of aromatic nitrogens is 2. The van der Waals surface area contributed by atoms with Crippen LogP contribution in [0, 0.1) is 0 Å². The van der Waals surface area contributed by atoms with Gasteiger partial charge in [0, 0.05) is 18.7 Å². The summed E-state index contributed by atoms with van der Waals surface area (Å²) in [7, 11) is 0. The topological polar surface area (TPSA) is 99.1 Å². The molecule has 1 aliphatic heterocycles. The fourth-order valence-corrected chi connectivity index (χ4v) is 2.66. The Hall–Kier alpha value is -1.56. The number of nitrogens with two attached hydrogens (primary N) is 2. The SMILES string of the molecule is CCC1(CC)CC(Nc2cc(N)nc(N)n2)CCO1. The van der Waals surface area contributed by atoms with Gasteiger partial charge in [0.2, 0.25) is 5.95 Å². The van der Waals surface area contributed by atoms with Gasteiger partial charge >= 0.3 is 0 Å². The molecule has 6 heteroatoms. The Kier molecular flexibility index (Phi) is 4.09. The lowest BCUT2D eigenvalue weighted by Crippen LogP contribution is -2.43.